The van der Waals surface area contributed by atoms with Crippen LogP contribution in [0.4, 0.5) is 5.69 Å². The standard InChI is InChI=1S/C17H24N2O2/c1-12-5-7-14(8-6-12)19-11-13(9-16(19)21)18-15(20)10-17(2,3)4/h5-8,13H,9-11H2,1-4H3,(H,18,20)/t13-/m0/s1. The Labute approximate surface area is 126 Å². The summed E-state index contributed by atoms with van der Waals surface area (Å²) >= 11 is 0. The number of hydrogen-bond acceptors (Lipinski definition) is 2. The summed E-state index contributed by atoms with van der Waals surface area (Å²) in [6, 6.07) is 7.80. The van der Waals surface area contributed by atoms with E-state index >= 15 is 0 Å². The molecule has 1 heterocycles. The smallest absolute Gasteiger partial charge is 0.229 e. The fourth-order valence-corrected chi connectivity index (χ4v) is 2.54. The second-order valence-corrected chi connectivity index (χ2v) is 7.05. The van der Waals surface area contributed by atoms with E-state index in [0.717, 1.165) is 5.69 Å². The number of benzene rings is 1. The molecule has 0 aromatic heterocycles. The molecule has 1 atom stereocenters. The van der Waals surface area contributed by atoms with Gasteiger partial charge in [-0.3, -0.25) is 9.59 Å². The van der Waals surface area contributed by atoms with E-state index < -0.39 is 0 Å². The molecule has 0 saturated carbocycles. The third-order valence-corrected chi connectivity index (χ3v) is 3.53. The van der Waals surface area contributed by atoms with Crippen LogP contribution in [0.2, 0.25) is 0 Å². The van der Waals surface area contributed by atoms with Gasteiger partial charge in [0.2, 0.25) is 11.8 Å². The molecule has 1 aliphatic heterocycles. The lowest BCUT2D eigenvalue weighted by Gasteiger charge is -2.20. The summed E-state index contributed by atoms with van der Waals surface area (Å²) in [6.45, 7) is 8.67. The van der Waals surface area contributed by atoms with E-state index in [1.807, 2.05) is 52.0 Å². The predicted molar refractivity (Wildman–Crippen MR) is 84.2 cm³/mol. The lowest BCUT2D eigenvalue weighted by atomic mass is 9.92. The Kier molecular flexibility index (Phi) is 4.35. The molecular weight excluding hydrogens is 264 g/mol. The molecule has 1 saturated heterocycles. The van der Waals surface area contributed by atoms with Gasteiger partial charge in [0.25, 0.3) is 0 Å². The van der Waals surface area contributed by atoms with Gasteiger partial charge in [0, 0.05) is 25.1 Å². The van der Waals surface area contributed by atoms with Crippen LogP contribution in [0, 0.1) is 12.3 Å². The van der Waals surface area contributed by atoms with Gasteiger partial charge in [0.1, 0.15) is 0 Å². The quantitative estimate of drug-likeness (QED) is 0.929. The first-order valence-corrected chi connectivity index (χ1v) is 7.41. The zero-order valence-electron chi connectivity index (χ0n) is 13.3. The molecule has 4 heteroatoms. The van der Waals surface area contributed by atoms with Crippen molar-refractivity contribution in [1.82, 2.24) is 5.32 Å². The molecule has 114 valence electrons. The molecular formula is C17H24N2O2. The van der Waals surface area contributed by atoms with Crippen molar-refractivity contribution in [3.63, 3.8) is 0 Å². The van der Waals surface area contributed by atoms with Crippen molar-refractivity contribution in [2.45, 2.75) is 46.6 Å². The van der Waals surface area contributed by atoms with Crippen molar-refractivity contribution in [3.05, 3.63) is 29.8 Å². The molecule has 0 bridgehead atoms. The van der Waals surface area contributed by atoms with Gasteiger partial charge in [0.05, 0.1) is 6.04 Å². The third-order valence-electron chi connectivity index (χ3n) is 3.53. The van der Waals surface area contributed by atoms with Crippen LogP contribution >= 0.6 is 0 Å². The van der Waals surface area contributed by atoms with Gasteiger partial charge in [-0.05, 0) is 24.5 Å². The van der Waals surface area contributed by atoms with Crippen molar-refractivity contribution in [3.8, 4) is 0 Å². The van der Waals surface area contributed by atoms with Crippen LogP contribution < -0.4 is 10.2 Å². The highest BCUT2D eigenvalue weighted by Gasteiger charge is 2.32. The summed E-state index contributed by atoms with van der Waals surface area (Å²) in [6.07, 6.45) is 0.853. The molecule has 1 N–H and O–H groups in total. The van der Waals surface area contributed by atoms with Crippen LogP contribution in [-0.4, -0.2) is 24.4 Å². The Morgan fingerprint density at radius 1 is 1.29 bits per heavy atom. The first-order valence-electron chi connectivity index (χ1n) is 7.41. The van der Waals surface area contributed by atoms with Crippen LogP contribution in [0.15, 0.2) is 24.3 Å². The highest BCUT2D eigenvalue weighted by molar-refractivity contribution is 5.96. The van der Waals surface area contributed by atoms with Gasteiger partial charge in [-0.15, -0.1) is 0 Å². The van der Waals surface area contributed by atoms with Crippen molar-refractivity contribution in [2.75, 3.05) is 11.4 Å². The predicted octanol–water partition coefficient (Wildman–Crippen LogP) is 2.65. The Hall–Kier alpha value is -1.84. The van der Waals surface area contributed by atoms with Crippen LogP contribution in [0.1, 0.15) is 39.2 Å². The molecule has 0 aliphatic carbocycles. The molecule has 2 amide bonds. The Morgan fingerprint density at radius 3 is 2.48 bits per heavy atom. The van der Waals surface area contributed by atoms with Gasteiger partial charge in [-0.2, -0.15) is 0 Å². The van der Waals surface area contributed by atoms with E-state index in [-0.39, 0.29) is 23.3 Å². The molecule has 0 radical (unpaired) electrons. The Morgan fingerprint density at radius 2 is 1.90 bits per heavy atom. The van der Waals surface area contributed by atoms with E-state index in [2.05, 4.69) is 5.32 Å². The van der Waals surface area contributed by atoms with Gasteiger partial charge in [-0.1, -0.05) is 38.5 Å². The Bertz CT molecular complexity index is 529. The number of nitrogens with zero attached hydrogens (tertiary/aromatic N) is 1. The maximum atomic E-state index is 12.1. The molecule has 1 aliphatic rings. The molecule has 2 rings (SSSR count). The summed E-state index contributed by atoms with van der Waals surface area (Å²) in [4.78, 5) is 25.8. The molecule has 1 aromatic rings. The molecule has 4 nitrogen and oxygen atoms in total. The number of amides is 2. The van der Waals surface area contributed by atoms with Crippen molar-refractivity contribution in [1.29, 1.82) is 0 Å². The number of aryl methyl sites for hydroxylation is 1. The van der Waals surface area contributed by atoms with E-state index in [0.29, 0.717) is 19.4 Å². The normalized spacial score (nSPS) is 19.0. The summed E-state index contributed by atoms with van der Waals surface area (Å²) in [5.74, 6) is 0.0889. The summed E-state index contributed by atoms with van der Waals surface area (Å²) in [5.41, 5.74) is 2.03. The topological polar surface area (TPSA) is 49.4 Å². The number of rotatable bonds is 3. The first kappa shape index (κ1) is 15.5. The van der Waals surface area contributed by atoms with Crippen LogP contribution in [0.5, 0.6) is 0 Å². The van der Waals surface area contributed by atoms with Gasteiger partial charge in [-0.25, -0.2) is 0 Å². The number of anilines is 1. The van der Waals surface area contributed by atoms with Gasteiger partial charge in [0.15, 0.2) is 0 Å². The van der Waals surface area contributed by atoms with E-state index in [9.17, 15) is 9.59 Å². The molecule has 0 unspecified atom stereocenters. The largest absolute Gasteiger partial charge is 0.351 e. The minimum Gasteiger partial charge on any atom is -0.351 e. The van der Waals surface area contributed by atoms with Crippen molar-refractivity contribution in [2.24, 2.45) is 5.41 Å². The second kappa shape index (κ2) is 5.88. The molecule has 1 aromatic carbocycles. The number of nitrogens with one attached hydrogen (secondary N) is 1. The third kappa shape index (κ3) is 4.31. The van der Waals surface area contributed by atoms with Crippen LogP contribution in [0.3, 0.4) is 0 Å². The zero-order valence-corrected chi connectivity index (χ0v) is 13.3. The lowest BCUT2D eigenvalue weighted by Crippen LogP contribution is -2.38. The minimum absolute atomic E-state index is 0.0195. The number of hydrogen-bond donors (Lipinski definition) is 1. The molecule has 1 fully saturated rings. The number of carbonyl (C=O) groups excluding carboxylic acids is 2. The Balaban J connectivity index is 1.96. The van der Waals surface area contributed by atoms with E-state index in [1.54, 1.807) is 4.90 Å². The maximum Gasteiger partial charge on any atom is 0.229 e. The SMILES string of the molecule is Cc1ccc(N2C[C@@H](NC(=O)CC(C)(C)C)CC2=O)cc1. The average molecular weight is 288 g/mol. The minimum atomic E-state index is -0.0892. The highest BCUT2D eigenvalue weighted by atomic mass is 16.2. The van der Waals surface area contributed by atoms with Crippen LogP contribution in [-0.2, 0) is 9.59 Å². The van der Waals surface area contributed by atoms with E-state index in [4.69, 9.17) is 0 Å². The monoisotopic (exact) mass is 288 g/mol. The number of carbonyl (C=O) groups is 2. The zero-order chi connectivity index (χ0) is 15.6. The lowest BCUT2D eigenvalue weighted by molar-refractivity contribution is -0.123. The molecule has 0 spiro atoms. The fourth-order valence-electron chi connectivity index (χ4n) is 2.54. The molecule has 21 heavy (non-hydrogen) atoms. The second-order valence-electron chi connectivity index (χ2n) is 7.05. The van der Waals surface area contributed by atoms with Crippen LogP contribution in [0.25, 0.3) is 0 Å². The summed E-state index contributed by atoms with van der Waals surface area (Å²) in [5, 5.41) is 2.98. The maximum absolute atomic E-state index is 12.1. The van der Waals surface area contributed by atoms with Gasteiger partial charge >= 0.3 is 0 Å². The summed E-state index contributed by atoms with van der Waals surface area (Å²) in [7, 11) is 0. The first-order chi connectivity index (χ1) is 9.74. The fraction of sp³-hybridized carbons (Fsp3) is 0.529. The highest BCUT2D eigenvalue weighted by Crippen LogP contribution is 2.23. The average Bonchev–Trinajstić information content (AvgIpc) is 2.68. The van der Waals surface area contributed by atoms with Crippen molar-refractivity contribution >= 4 is 17.5 Å². The van der Waals surface area contributed by atoms with Gasteiger partial charge < -0.3 is 10.2 Å². The van der Waals surface area contributed by atoms with E-state index in [1.165, 1.54) is 5.56 Å². The summed E-state index contributed by atoms with van der Waals surface area (Å²) < 4.78 is 0. The van der Waals surface area contributed by atoms with Crippen molar-refractivity contribution < 1.29 is 9.59 Å².